The highest BCUT2D eigenvalue weighted by atomic mass is 16.5. The van der Waals surface area contributed by atoms with Gasteiger partial charge in [-0.25, -0.2) is 4.98 Å². The Hall–Kier alpha value is -1.62. The summed E-state index contributed by atoms with van der Waals surface area (Å²) in [5.74, 6) is 2.50. The molecule has 0 aromatic carbocycles. The number of amides is 1. The van der Waals surface area contributed by atoms with E-state index in [4.69, 9.17) is 4.74 Å². The van der Waals surface area contributed by atoms with E-state index in [9.17, 15) is 4.79 Å². The number of piperidine rings is 2. The molecule has 1 amide bonds. The van der Waals surface area contributed by atoms with Crippen LogP contribution in [0.25, 0.3) is 0 Å². The monoisotopic (exact) mass is 331 g/mol. The van der Waals surface area contributed by atoms with E-state index in [1.165, 1.54) is 0 Å². The second-order valence-electron chi connectivity index (χ2n) is 7.27. The number of anilines is 1. The van der Waals surface area contributed by atoms with Crippen molar-refractivity contribution in [3.63, 3.8) is 0 Å². The molecular weight excluding hydrogens is 302 g/mol. The lowest BCUT2D eigenvalue weighted by Crippen LogP contribution is -2.38. The van der Waals surface area contributed by atoms with Gasteiger partial charge in [0.25, 0.3) is 5.91 Å². The van der Waals surface area contributed by atoms with Crippen molar-refractivity contribution >= 4 is 11.7 Å². The highest BCUT2D eigenvalue weighted by Gasteiger charge is 2.23. The van der Waals surface area contributed by atoms with Crippen molar-refractivity contribution in [3.8, 4) is 0 Å². The van der Waals surface area contributed by atoms with Gasteiger partial charge in [-0.05, 0) is 49.7 Å². The number of carbonyl (C=O) groups excluding carboxylic acids is 1. The van der Waals surface area contributed by atoms with Crippen molar-refractivity contribution in [2.75, 3.05) is 44.8 Å². The lowest BCUT2D eigenvalue weighted by molar-refractivity contribution is 0.0697. The van der Waals surface area contributed by atoms with E-state index in [0.29, 0.717) is 11.5 Å². The van der Waals surface area contributed by atoms with Gasteiger partial charge in [-0.3, -0.25) is 4.79 Å². The first-order valence-corrected chi connectivity index (χ1v) is 9.16. The Morgan fingerprint density at radius 3 is 2.46 bits per heavy atom. The number of pyridine rings is 1. The summed E-state index contributed by atoms with van der Waals surface area (Å²) in [6.07, 6.45) is 6.24. The van der Waals surface area contributed by atoms with Crippen molar-refractivity contribution in [2.24, 2.45) is 11.8 Å². The Kier molecular flexibility index (Phi) is 5.72. The standard InChI is InChI=1S/C19H29N3O2/c1-15-5-9-22(10-6-15)19(23)17-3-4-18(20-13-17)21-11-7-16(8-12-21)14-24-2/h3-4,13,15-16H,5-12,14H2,1-2H3. The van der Waals surface area contributed by atoms with Crippen LogP contribution in [0.1, 0.15) is 43.0 Å². The number of carbonyl (C=O) groups is 1. The van der Waals surface area contributed by atoms with Gasteiger partial charge in [0.2, 0.25) is 0 Å². The van der Waals surface area contributed by atoms with E-state index in [1.807, 2.05) is 17.0 Å². The largest absolute Gasteiger partial charge is 0.384 e. The number of rotatable bonds is 4. The molecule has 1 aromatic rings. The number of hydrogen-bond acceptors (Lipinski definition) is 4. The minimum absolute atomic E-state index is 0.125. The van der Waals surface area contributed by atoms with Crippen molar-refractivity contribution in [3.05, 3.63) is 23.9 Å². The van der Waals surface area contributed by atoms with E-state index in [-0.39, 0.29) is 5.91 Å². The number of hydrogen-bond donors (Lipinski definition) is 0. The first kappa shape index (κ1) is 17.2. The predicted molar refractivity (Wildman–Crippen MR) is 95.4 cm³/mol. The third-order valence-electron chi connectivity index (χ3n) is 5.41. The van der Waals surface area contributed by atoms with Crippen molar-refractivity contribution in [1.29, 1.82) is 0 Å². The molecule has 5 heteroatoms. The van der Waals surface area contributed by atoms with Gasteiger partial charge in [0, 0.05) is 46.1 Å². The number of ether oxygens (including phenoxy) is 1. The summed E-state index contributed by atoms with van der Waals surface area (Å²) in [6.45, 7) is 6.87. The molecule has 0 radical (unpaired) electrons. The molecular formula is C19H29N3O2. The van der Waals surface area contributed by atoms with Crippen LogP contribution in [0.2, 0.25) is 0 Å². The van der Waals surface area contributed by atoms with Crippen LogP contribution in [-0.2, 0) is 4.74 Å². The van der Waals surface area contributed by atoms with Gasteiger partial charge in [-0.15, -0.1) is 0 Å². The normalized spacial score (nSPS) is 20.4. The molecule has 2 aliphatic heterocycles. The molecule has 3 heterocycles. The maximum Gasteiger partial charge on any atom is 0.255 e. The van der Waals surface area contributed by atoms with Crippen LogP contribution < -0.4 is 4.90 Å². The SMILES string of the molecule is COCC1CCN(c2ccc(C(=O)N3CCC(C)CC3)cn2)CC1. The summed E-state index contributed by atoms with van der Waals surface area (Å²) in [6, 6.07) is 3.93. The van der Waals surface area contributed by atoms with Gasteiger partial charge in [-0.1, -0.05) is 6.92 Å². The fourth-order valence-electron chi connectivity index (χ4n) is 3.66. The highest BCUT2D eigenvalue weighted by molar-refractivity contribution is 5.94. The number of nitrogens with zero attached hydrogens (tertiary/aromatic N) is 3. The van der Waals surface area contributed by atoms with Crippen LogP contribution in [0, 0.1) is 11.8 Å². The van der Waals surface area contributed by atoms with Gasteiger partial charge >= 0.3 is 0 Å². The van der Waals surface area contributed by atoms with Crippen LogP contribution in [0.3, 0.4) is 0 Å². The Morgan fingerprint density at radius 1 is 1.17 bits per heavy atom. The molecule has 2 fully saturated rings. The van der Waals surface area contributed by atoms with Crippen LogP contribution in [0.4, 0.5) is 5.82 Å². The van der Waals surface area contributed by atoms with E-state index >= 15 is 0 Å². The van der Waals surface area contributed by atoms with Crippen LogP contribution >= 0.6 is 0 Å². The summed E-state index contributed by atoms with van der Waals surface area (Å²) in [7, 11) is 1.77. The molecule has 132 valence electrons. The summed E-state index contributed by atoms with van der Waals surface area (Å²) in [5, 5.41) is 0. The maximum absolute atomic E-state index is 12.6. The van der Waals surface area contributed by atoms with E-state index in [2.05, 4.69) is 16.8 Å². The molecule has 5 nitrogen and oxygen atoms in total. The number of methoxy groups -OCH3 is 1. The van der Waals surface area contributed by atoms with Crippen LogP contribution in [-0.4, -0.2) is 55.7 Å². The minimum atomic E-state index is 0.125. The lowest BCUT2D eigenvalue weighted by Gasteiger charge is -2.33. The Morgan fingerprint density at radius 2 is 1.88 bits per heavy atom. The summed E-state index contributed by atoms with van der Waals surface area (Å²) < 4.78 is 5.25. The molecule has 0 bridgehead atoms. The lowest BCUT2D eigenvalue weighted by atomic mass is 9.98. The van der Waals surface area contributed by atoms with Crippen LogP contribution in [0.5, 0.6) is 0 Å². The van der Waals surface area contributed by atoms with E-state index < -0.39 is 0 Å². The number of aromatic nitrogens is 1. The van der Waals surface area contributed by atoms with E-state index in [1.54, 1.807) is 13.3 Å². The second kappa shape index (κ2) is 7.97. The minimum Gasteiger partial charge on any atom is -0.384 e. The van der Waals surface area contributed by atoms with Gasteiger partial charge in [0.05, 0.1) is 5.56 Å². The first-order chi connectivity index (χ1) is 11.7. The van der Waals surface area contributed by atoms with Crippen molar-refractivity contribution in [1.82, 2.24) is 9.88 Å². The van der Waals surface area contributed by atoms with Crippen molar-refractivity contribution in [2.45, 2.75) is 32.6 Å². The molecule has 0 N–H and O–H groups in total. The van der Waals surface area contributed by atoms with Gasteiger partial charge < -0.3 is 14.5 Å². The summed E-state index contributed by atoms with van der Waals surface area (Å²) in [4.78, 5) is 21.4. The zero-order chi connectivity index (χ0) is 16.9. The molecule has 2 aliphatic rings. The molecule has 0 atom stereocenters. The molecule has 0 spiro atoms. The third kappa shape index (κ3) is 4.07. The molecule has 0 aliphatic carbocycles. The Labute approximate surface area is 145 Å². The molecule has 1 aromatic heterocycles. The molecule has 0 saturated carbocycles. The highest BCUT2D eigenvalue weighted by Crippen LogP contribution is 2.23. The predicted octanol–water partition coefficient (Wildman–Crippen LogP) is 2.82. The molecule has 24 heavy (non-hydrogen) atoms. The molecule has 2 saturated heterocycles. The topological polar surface area (TPSA) is 45.7 Å². The summed E-state index contributed by atoms with van der Waals surface area (Å²) >= 11 is 0. The van der Waals surface area contributed by atoms with Gasteiger partial charge in [0.15, 0.2) is 0 Å². The Bertz CT molecular complexity index is 530. The zero-order valence-electron chi connectivity index (χ0n) is 14.9. The first-order valence-electron chi connectivity index (χ1n) is 9.16. The molecule has 3 rings (SSSR count). The average molecular weight is 331 g/mol. The van der Waals surface area contributed by atoms with Gasteiger partial charge in [0.1, 0.15) is 5.82 Å². The quantitative estimate of drug-likeness (QED) is 0.851. The maximum atomic E-state index is 12.6. The van der Waals surface area contributed by atoms with Crippen LogP contribution in [0.15, 0.2) is 18.3 Å². The second-order valence-corrected chi connectivity index (χ2v) is 7.27. The third-order valence-corrected chi connectivity index (χ3v) is 5.41. The smallest absolute Gasteiger partial charge is 0.255 e. The average Bonchev–Trinajstić information content (AvgIpc) is 2.63. The fraction of sp³-hybridized carbons (Fsp3) is 0.684. The van der Waals surface area contributed by atoms with E-state index in [0.717, 1.165) is 70.2 Å². The Balaban J connectivity index is 1.56. The fourth-order valence-corrected chi connectivity index (χ4v) is 3.66. The zero-order valence-corrected chi connectivity index (χ0v) is 14.9. The summed E-state index contributed by atoms with van der Waals surface area (Å²) in [5.41, 5.74) is 0.711. The van der Waals surface area contributed by atoms with Gasteiger partial charge in [-0.2, -0.15) is 0 Å². The van der Waals surface area contributed by atoms with Crippen molar-refractivity contribution < 1.29 is 9.53 Å². The molecule has 0 unspecified atom stereocenters. The number of likely N-dealkylation sites (tertiary alicyclic amines) is 1.